The molecule has 0 aliphatic rings. The molecule has 0 unspecified atom stereocenters. The van der Waals surface area contributed by atoms with Crippen LogP contribution in [-0.2, 0) is 6.54 Å². The molecular formula is C15H16N4. The zero-order valence-electron chi connectivity index (χ0n) is 11.1. The number of aryl methyl sites for hydroxylation is 2. The van der Waals surface area contributed by atoms with Crippen LogP contribution in [0.15, 0.2) is 30.5 Å². The van der Waals surface area contributed by atoms with E-state index < -0.39 is 0 Å². The predicted octanol–water partition coefficient (Wildman–Crippen LogP) is 2.70. The van der Waals surface area contributed by atoms with Gasteiger partial charge in [0, 0.05) is 17.4 Å². The Balaban J connectivity index is 2.21. The Hall–Kier alpha value is -2.20. The van der Waals surface area contributed by atoms with Gasteiger partial charge in [-0.1, -0.05) is 18.2 Å². The smallest absolute Gasteiger partial charge is 0.105 e. The summed E-state index contributed by atoms with van der Waals surface area (Å²) in [7, 11) is 0. The fraction of sp³-hybridized carbons (Fsp3) is 0.200. The zero-order chi connectivity index (χ0) is 13.4. The van der Waals surface area contributed by atoms with Crippen molar-refractivity contribution in [1.29, 1.82) is 0 Å². The van der Waals surface area contributed by atoms with Crippen LogP contribution in [0.2, 0.25) is 0 Å². The van der Waals surface area contributed by atoms with Gasteiger partial charge >= 0.3 is 0 Å². The van der Waals surface area contributed by atoms with Crippen LogP contribution in [0.4, 0.5) is 0 Å². The molecule has 1 aromatic carbocycles. The van der Waals surface area contributed by atoms with E-state index in [-0.39, 0.29) is 0 Å². The molecular weight excluding hydrogens is 236 g/mol. The second-order valence-corrected chi connectivity index (χ2v) is 4.66. The summed E-state index contributed by atoms with van der Waals surface area (Å²) in [5, 5.41) is 1.22. The van der Waals surface area contributed by atoms with Crippen molar-refractivity contribution in [3.8, 4) is 11.4 Å². The molecule has 2 aromatic heterocycles. The number of aromatic amines is 1. The van der Waals surface area contributed by atoms with Crippen molar-refractivity contribution in [2.24, 2.45) is 5.73 Å². The number of nitrogens with zero attached hydrogens (tertiary/aromatic N) is 2. The lowest BCUT2D eigenvalue weighted by molar-refractivity contribution is 0.930. The second-order valence-electron chi connectivity index (χ2n) is 4.66. The van der Waals surface area contributed by atoms with Gasteiger partial charge in [-0.2, -0.15) is 0 Å². The number of hydrogen-bond acceptors (Lipinski definition) is 3. The first-order valence-electron chi connectivity index (χ1n) is 6.31. The van der Waals surface area contributed by atoms with Crippen molar-refractivity contribution in [1.82, 2.24) is 15.0 Å². The first-order chi connectivity index (χ1) is 9.20. The number of fused-ring (bicyclic) bond motifs is 1. The molecule has 0 amide bonds. The van der Waals surface area contributed by atoms with Crippen LogP contribution < -0.4 is 5.73 Å². The van der Waals surface area contributed by atoms with Crippen molar-refractivity contribution in [2.75, 3.05) is 0 Å². The van der Waals surface area contributed by atoms with Gasteiger partial charge in [-0.3, -0.25) is 4.98 Å². The summed E-state index contributed by atoms with van der Waals surface area (Å²) >= 11 is 0. The van der Waals surface area contributed by atoms with Gasteiger partial charge in [-0.25, -0.2) is 4.98 Å². The number of rotatable bonds is 2. The fourth-order valence-corrected chi connectivity index (χ4v) is 2.34. The minimum atomic E-state index is 0.409. The number of H-pyrrole nitrogens is 1. The van der Waals surface area contributed by atoms with Crippen molar-refractivity contribution in [2.45, 2.75) is 20.4 Å². The molecule has 0 fully saturated rings. The molecule has 0 atom stereocenters. The topological polar surface area (TPSA) is 67.6 Å². The average Bonchev–Trinajstić information content (AvgIpc) is 2.77. The average molecular weight is 252 g/mol. The van der Waals surface area contributed by atoms with E-state index in [0.29, 0.717) is 6.54 Å². The third kappa shape index (κ3) is 1.90. The highest BCUT2D eigenvalue weighted by molar-refractivity contribution is 5.89. The van der Waals surface area contributed by atoms with Crippen LogP contribution >= 0.6 is 0 Å². The molecule has 96 valence electrons. The summed E-state index contributed by atoms with van der Waals surface area (Å²) in [6.45, 7) is 4.43. The Morgan fingerprint density at radius 1 is 1.21 bits per heavy atom. The number of para-hydroxylation sites is 1. The Morgan fingerprint density at radius 3 is 2.74 bits per heavy atom. The third-order valence-corrected chi connectivity index (χ3v) is 3.47. The van der Waals surface area contributed by atoms with Gasteiger partial charge in [0.1, 0.15) is 5.69 Å². The van der Waals surface area contributed by atoms with E-state index in [1.165, 1.54) is 10.9 Å². The Labute approximate surface area is 111 Å². The molecule has 0 saturated carbocycles. The molecule has 0 bridgehead atoms. The number of aromatic nitrogens is 3. The molecule has 0 aliphatic heterocycles. The molecule has 0 spiro atoms. The summed E-state index contributed by atoms with van der Waals surface area (Å²) < 4.78 is 0. The molecule has 3 aromatic rings. The highest BCUT2D eigenvalue weighted by Crippen LogP contribution is 2.28. The summed E-state index contributed by atoms with van der Waals surface area (Å²) in [5.41, 5.74) is 11.6. The molecule has 0 saturated heterocycles. The lowest BCUT2D eigenvalue weighted by atomic mass is 10.1. The Bertz CT molecular complexity index is 743. The molecule has 4 nitrogen and oxygen atoms in total. The summed E-state index contributed by atoms with van der Waals surface area (Å²) in [5.74, 6) is 0. The van der Waals surface area contributed by atoms with E-state index in [9.17, 15) is 0 Å². The predicted molar refractivity (Wildman–Crippen MR) is 76.7 cm³/mol. The summed E-state index contributed by atoms with van der Waals surface area (Å²) in [6.07, 6.45) is 1.80. The van der Waals surface area contributed by atoms with Crippen LogP contribution in [0.1, 0.15) is 17.0 Å². The lowest BCUT2D eigenvalue weighted by Gasteiger charge is -2.05. The fourth-order valence-electron chi connectivity index (χ4n) is 2.34. The van der Waals surface area contributed by atoms with Crippen LogP contribution in [-0.4, -0.2) is 15.0 Å². The number of nitrogens with one attached hydrogen (secondary N) is 1. The first-order valence-corrected chi connectivity index (χ1v) is 6.31. The molecule has 3 N–H and O–H groups in total. The summed E-state index contributed by atoms with van der Waals surface area (Å²) in [6, 6.07) is 8.24. The maximum absolute atomic E-state index is 5.70. The minimum Gasteiger partial charge on any atom is -0.353 e. The minimum absolute atomic E-state index is 0.409. The van der Waals surface area contributed by atoms with E-state index in [0.717, 1.165) is 28.3 Å². The molecule has 0 aliphatic carbocycles. The van der Waals surface area contributed by atoms with Crippen LogP contribution in [0.25, 0.3) is 22.3 Å². The highest BCUT2D eigenvalue weighted by Gasteiger charge is 2.11. The molecule has 3 rings (SSSR count). The molecule has 4 heteroatoms. The summed E-state index contributed by atoms with van der Waals surface area (Å²) in [4.78, 5) is 12.4. The third-order valence-electron chi connectivity index (χ3n) is 3.47. The Morgan fingerprint density at radius 2 is 2.00 bits per heavy atom. The monoisotopic (exact) mass is 252 g/mol. The standard InChI is InChI=1S/C15H16N4/c1-9-11-5-3-4-6-12(11)19-15(9)14-8-17-10(2)13(7-16)18-14/h3-6,8,19H,7,16H2,1-2H3. The van der Waals surface area contributed by atoms with Crippen molar-refractivity contribution >= 4 is 10.9 Å². The Kier molecular flexibility index (Phi) is 2.80. The SMILES string of the molecule is Cc1ncc(-c2[nH]c3ccccc3c2C)nc1CN. The van der Waals surface area contributed by atoms with Crippen molar-refractivity contribution in [3.63, 3.8) is 0 Å². The van der Waals surface area contributed by atoms with E-state index in [1.54, 1.807) is 6.20 Å². The van der Waals surface area contributed by atoms with Crippen molar-refractivity contribution in [3.05, 3.63) is 47.4 Å². The van der Waals surface area contributed by atoms with Gasteiger partial charge in [0.25, 0.3) is 0 Å². The van der Waals surface area contributed by atoms with Gasteiger partial charge in [0.15, 0.2) is 0 Å². The quantitative estimate of drug-likeness (QED) is 0.736. The van der Waals surface area contributed by atoms with Gasteiger partial charge < -0.3 is 10.7 Å². The van der Waals surface area contributed by atoms with E-state index >= 15 is 0 Å². The van der Waals surface area contributed by atoms with Gasteiger partial charge in [0.05, 0.1) is 23.3 Å². The van der Waals surface area contributed by atoms with E-state index in [2.05, 4.69) is 34.0 Å². The van der Waals surface area contributed by atoms with Gasteiger partial charge in [-0.15, -0.1) is 0 Å². The van der Waals surface area contributed by atoms with E-state index in [1.807, 2.05) is 19.1 Å². The highest BCUT2D eigenvalue weighted by atomic mass is 14.9. The zero-order valence-corrected chi connectivity index (χ0v) is 11.1. The maximum Gasteiger partial charge on any atom is 0.105 e. The lowest BCUT2D eigenvalue weighted by Crippen LogP contribution is -2.05. The van der Waals surface area contributed by atoms with Crippen LogP contribution in [0.3, 0.4) is 0 Å². The van der Waals surface area contributed by atoms with E-state index in [4.69, 9.17) is 5.73 Å². The van der Waals surface area contributed by atoms with Crippen molar-refractivity contribution < 1.29 is 0 Å². The van der Waals surface area contributed by atoms with Crippen LogP contribution in [0.5, 0.6) is 0 Å². The maximum atomic E-state index is 5.70. The largest absolute Gasteiger partial charge is 0.353 e. The number of nitrogens with two attached hydrogens (primary N) is 1. The molecule has 0 radical (unpaired) electrons. The second kappa shape index (κ2) is 4.48. The molecule has 2 heterocycles. The number of hydrogen-bond donors (Lipinski definition) is 2. The van der Waals surface area contributed by atoms with Crippen LogP contribution in [0, 0.1) is 13.8 Å². The molecule has 19 heavy (non-hydrogen) atoms. The van der Waals surface area contributed by atoms with Gasteiger partial charge in [-0.05, 0) is 25.5 Å². The normalized spacial score (nSPS) is 11.1. The number of benzene rings is 1. The van der Waals surface area contributed by atoms with Gasteiger partial charge in [0.2, 0.25) is 0 Å². The first kappa shape index (κ1) is 11.9.